The van der Waals surface area contributed by atoms with Crippen LogP contribution in [0.15, 0.2) is 18.2 Å². The molecule has 1 saturated heterocycles. The zero-order valence-corrected chi connectivity index (χ0v) is 9.93. The molecule has 17 heavy (non-hydrogen) atoms. The molecule has 0 saturated carbocycles. The van der Waals surface area contributed by atoms with Gasteiger partial charge in [0.25, 0.3) is 0 Å². The van der Waals surface area contributed by atoms with Crippen LogP contribution in [0.4, 0.5) is 8.78 Å². The Morgan fingerprint density at radius 2 is 1.82 bits per heavy atom. The van der Waals surface area contributed by atoms with Crippen molar-refractivity contribution in [2.75, 3.05) is 20.2 Å². The molecule has 0 radical (unpaired) electrons. The molecule has 0 bridgehead atoms. The lowest BCUT2D eigenvalue weighted by Crippen LogP contribution is -2.45. The number of piperidine rings is 1. The van der Waals surface area contributed by atoms with E-state index in [-0.39, 0.29) is 5.56 Å². The monoisotopic (exact) mass is 241 g/mol. The number of nitrogens with one attached hydrogen (secondary N) is 1. The average Bonchev–Trinajstić information content (AvgIpc) is 2.35. The summed E-state index contributed by atoms with van der Waals surface area (Å²) < 4.78 is 32.7. The van der Waals surface area contributed by atoms with Crippen molar-refractivity contribution in [1.29, 1.82) is 0 Å². The van der Waals surface area contributed by atoms with Crippen LogP contribution in [0.25, 0.3) is 0 Å². The van der Waals surface area contributed by atoms with Crippen molar-refractivity contribution in [3.8, 4) is 0 Å². The highest BCUT2D eigenvalue weighted by Crippen LogP contribution is 2.29. The van der Waals surface area contributed by atoms with Crippen LogP contribution in [0.1, 0.15) is 18.4 Å². The lowest BCUT2D eigenvalue weighted by Gasteiger charge is -2.36. The smallest absolute Gasteiger partial charge is 0.129 e. The second-order valence-corrected chi connectivity index (χ2v) is 4.51. The van der Waals surface area contributed by atoms with Crippen molar-refractivity contribution in [1.82, 2.24) is 5.32 Å². The van der Waals surface area contributed by atoms with Crippen molar-refractivity contribution >= 4 is 0 Å². The molecule has 0 aliphatic carbocycles. The van der Waals surface area contributed by atoms with Crippen molar-refractivity contribution in [2.24, 2.45) is 0 Å². The van der Waals surface area contributed by atoms with Crippen LogP contribution < -0.4 is 5.32 Å². The molecule has 1 N–H and O–H groups in total. The van der Waals surface area contributed by atoms with Gasteiger partial charge in [-0.15, -0.1) is 0 Å². The number of hydrogen-bond donors (Lipinski definition) is 1. The van der Waals surface area contributed by atoms with Gasteiger partial charge < -0.3 is 10.1 Å². The first-order valence-electron chi connectivity index (χ1n) is 5.86. The molecular formula is C13H17F2NO. The first-order chi connectivity index (χ1) is 8.17. The van der Waals surface area contributed by atoms with E-state index in [0.717, 1.165) is 25.9 Å². The van der Waals surface area contributed by atoms with Gasteiger partial charge in [0.2, 0.25) is 0 Å². The van der Waals surface area contributed by atoms with E-state index < -0.39 is 17.2 Å². The molecule has 0 amide bonds. The summed E-state index contributed by atoms with van der Waals surface area (Å²) in [5.74, 6) is -0.972. The molecule has 1 aliphatic rings. The van der Waals surface area contributed by atoms with Crippen LogP contribution in [-0.2, 0) is 11.2 Å². The number of rotatable bonds is 3. The second-order valence-electron chi connectivity index (χ2n) is 4.51. The van der Waals surface area contributed by atoms with Gasteiger partial charge in [0.05, 0.1) is 5.60 Å². The number of halogens is 2. The Hall–Kier alpha value is -1.00. The van der Waals surface area contributed by atoms with E-state index in [1.54, 1.807) is 7.11 Å². The summed E-state index contributed by atoms with van der Waals surface area (Å²) in [6.45, 7) is 1.65. The highest BCUT2D eigenvalue weighted by molar-refractivity contribution is 5.22. The minimum Gasteiger partial charge on any atom is -0.378 e. The quantitative estimate of drug-likeness (QED) is 0.876. The molecule has 0 atom stereocenters. The van der Waals surface area contributed by atoms with Gasteiger partial charge in [-0.3, -0.25) is 0 Å². The second kappa shape index (κ2) is 5.10. The first-order valence-corrected chi connectivity index (χ1v) is 5.86. The molecule has 1 aromatic carbocycles. The zero-order valence-electron chi connectivity index (χ0n) is 9.93. The molecule has 0 spiro atoms. The van der Waals surface area contributed by atoms with E-state index in [0.29, 0.717) is 6.42 Å². The highest BCUT2D eigenvalue weighted by Gasteiger charge is 2.33. The van der Waals surface area contributed by atoms with Crippen LogP contribution >= 0.6 is 0 Å². The van der Waals surface area contributed by atoms with E-state index in [1.807, 2.05) is 0 Å². The predicted octanol–water partition coefficient (Wildman–Crippen LogP) is 2.28. The summed E-state index contributed by atoms with van der Waals surface area (Å²) in [5.41, 5.74) is -0.301. The molecule has 1 heterocycles. The van der Waals surface area contributed by atoms with Gasteiger partial charge in [-0.1, -0.05) is 6.07 Å². The third-order valence-corrected chi connectivity index (χ3v) is 3.51. The number of hydrogen-bond acceptors (Lipinski definition) is 2. The van der Waals surface area contributed by atoms with Crippen molar-refractivity contribution < 1.29 is 13.5 Å². The predicted molar refractivity (Wildman–Crippen MR) is 61.9 cm³/mol. The SMILES string of the molecule is COC1(Cc2c(F)cccc2F)CCNCC1. The van der Waals surface area contributed by atoms with Gasteiger partial charge in [0.15, 0.2) is 0 Å². The minimum absolute atomic E-state index is 0.135. The molecule has 2 rings (SSSR count). The Bertz CT molecular complexity index is 369. The molecule has 0 unspecified atom stereocenters. The van der Waals surface area contributed by atoms with Crippen LogP contribution in [0.3, 0.4) is 0 Å². The standard InChI is InChI=1S/C13H17F2NO/c1-17-13(5-7-16-8-6-13)9-10-11(14)3-2-4-12(10)15/h2-4,16H,5-9H2,1H3. The number of benzene rings is 1. The zero-order chi connectivity index (χ0) is 12.3. The van der Waals surface area contributed by atoms with Crippen molar-refractivity contribution in [3.63, 3.8) is 0 Å². The molecule has 2 nitrogen and oxygen atoms in total. The summed E-state index contributed by atoms with van der Waals surface area (Å²) >= 11 is 0. The highest BCUT2D eigenvalue weighted by atomic mass is 19.1. The number of ether oxygens (including phenoxy) is 1. The lowest BCUT2D eigenvalue weighted by atomic mass is 9.85. The van der Waals surface area contributed by atoms with Crippen molar-refractivity contribution in [3.05, 3.63) is 35.4 Å². The van der Waals surface area contributed by atoms with Crippen LogP contribution in [-0.4, -0.2) is 25.8 Å². The fraction of sp³-hybridized carbons (Fsp3) is 0.538. The van der Waals surface area contributed by atoms with Crippen LogP contribution in [0, 0.1) is 11.6 Å². The lowest BCUT2D eigenvalue weighted by molar-refractivity contribution is -0.0344. The van der Waals surface area contributed by atoms with Crippen LogP contribution in [0.5, 0.6) is 0 Å². The normalized spacial score (nSPS) is 19.2. The van der Waals surface area contributed by atoms with Gasteiger partial charge >= 0.3 is 0 Å². The third kappa shape index (κ3) is 2.64. The maximum Gasteiger partial charge on any atom is 0.129 e. The molecule has 4 heteroatoms. The van der Waals surface area contributed by atoms with E-state index in [9.17, 15) is 8.78 Å². The molecule has 0 aromatic heterocycles. The van der Waals surface area contributed by atoms with E-state index in [2.05, 4.69) is 5.32 Å². The van der Waals surface area contributed by atoms with Gasteiger partial charge in [-0.25, -0.2) is 8.78 Å². The Kier molecular flexibility index (Phi) is 3.74. The average molecular weight is 241 g/mol. The Labute approximate surface area is 100.0 Å². The summed E-state index contributed by atoms with van der Waals surface area (Å²) in [5, 5.41) is 3.22. The largest absolute Gasteiger partial charge is 0.378 e. The Balaban J connectivity index is 2.23. The van der Waals surface area contributed by atoms with E-state index in [4.69, 9.17) is 4.74 Å². The number of methoxy groups -OCH3 is 1. The Morgan fingerprint density at radius 3 is 2.35 bits per heavy atom. The summed E-state index contributed by atoms with van der Waals surface area (Å²) in [7, 11) is 1.62. The van der Waals surface area contributed by atoms with Gasteiger partial charge in [-0.2, -0.15) is 0 Å². The van der Waals surface area contributed by atoms with Crippen molar-refractivity contribution in [2.45, 2.75) is 24.9 Å². The molecule has 1 fully saturated rings. The van der Waals surface area contributed by atoms with Gasteiger partial charge in [-0.05, 0) is 38.1 Å². The summed E-state index contributed by atoms with van der Waals surface area (Å²) in [6.07, 6.45) is 1.85. The Morgan fingerprint density at radius 1 is 1.24 bits per heavy atom. The maximum atomic E-state index is 13.6. The van der Waals surface area contributed by atoms with E-state index in [1.165, 1.54) is 18.2 Å². The van der Waals surface area contributed by atoms with Crippen LogP contribution in [0.2, 0.25) is 0 Å². The maximum absolute atomic E-state index is 13.6. The first kappa shape index (κ1) is 12.5. The third-order valence-electron chi connectivity index (χ3n) is 3.51. The van der Waals surface area contributed by atoms with E-state index >= 15 is 0 Å². The molecule has 1 aromatic rings. The topological polar surface area (TPSA) is 21.3 Å². The van der Waals surface area contributed by atoms with Gasteiger partial charge in [0.1, 0.15) is 11.6 Å². The summed E-state index contributed by atoms with van der Waals surface area (Å²) in [6, 6.07) is 3.97. The fourth-order valence-electron chi connectivity index (χ4n) is 2.36. The van der Waals surface area contributed by atoms with Gasteiger partial charge in [0, 0.05) is 19.1 Å². The molecule has 94 valence electrons. The molecular weight excluding hydrogens is 224 g/mol. The summed E-state index contributed by atoms with van der Waals surface area (Å²) in [4.78, 5) is 0. The molecule has 1 aliphatic heterocycles. The fourth-order valence-corrected chi connectivity index (χ4v) is 2.36. The minimum atomic E-state index is -0.486.